The molecule has 0 saturated carbocycles. The first kappa shape index (κ1) is 19.0. The van der Waals surface area contributed by atoms with Gasteiger partial charge in [0.1, 0.15) is 5.76 Å². The van der Waals surface area contributed by atoms with Crippen LogP contribution in [-0.4, -0.2) is 28.8 Å². The molecular weight excluding hydrogens is 318 g/mol. The second-order valence-corrected chi connectivity index (χ2v) is 6.82. The van der Waals surface area contributed by atoms with Gasteiger partial charge in [-0.3, -0.25) is 0 Å². The molecule has 0 unspecified atom stereocenters. The van der Waals surface area contributed by atoms with Gasteiger partial charge in [-0.2, -0.15) is 0 Å². The molecule has 2 atom stereocenters. The first-order valence-corrected chi connectivity index (χ1v) is 8.64. The van der Waals surface area contributed by atoms with E-state index in [1.165, 1.54) is 0 Å². The molecule has 0 radical (unpaired) electrons. The first-order chi connectivity index (χ1) is 11.8. The summed E-state index contributed by atoms with van der Waals surface area (Å²) >= 11 is 0. The highest BCUT2D eigenvalue weighted by Gasteiger charge is 2.11. The number of urea groups is 1. The zero-order chi connectivity index (χ0) is 18.4. The van der Waals surface area contributed by atoms with Gasteiger partial charge in [-0.25, -0.2) is 9.78 Å². The van der Waals surface area contributed by atoms with Gasteiger partial charge in [0, 0.05) is 23.7 Å². The fraction of sp³-hybridized carbons (Fsp3) is 0.474. The van der Waals surface area contributed by atoms with Gasteiger partial charge in [0.05, 0.1) is 12.3 Å². The highest BCUT2D eigenvalue weighted by molar-refractivity contribution is 5.89. The summed E-state index contributed by atoms with van der Waals surface area (Å²) in [6, 6.07) is 7.09. The van der Waals surface area contributed by atoms with E-state index in [0.717, 1.165) is 11.3 Å². The van der Waals surface area contributed by atoms with Crippen molar-refractivity contribution in [3.8, 4) is 11.5 Å². The van der Waals surface area contributed by atoms with Crippen molar-refractivity contribution in [1.29, 1.82) is 0 Å². The summed E-state index contributed by atoms with van der Waals surface area (Å²) < 4.78 is 5.72. The normalized spacial score (nSPS) is 13.5. The van der Waals surface area contributed by atoms with Crippen molar-refractivity contribution in [3.63, 3.8) is 0 Å². The number of carbonyl (C=O) groups is 1. The molecule has 0 bridgehead atoms. The zero-order valence-corrected chi connectivity index (χ0v) is 15.2. The van der Waals surface area contributed by atoms with Crippen molar-refractivity contribution < 1.29 is 14.3 Å². The van der Waals surface area contributed by atoms with Gasteiger partial charge >= 0.3 is 6.03 Å². The van der Waals surface area contributed by atoms with Gasteiger partial charge in [0.15, 0.2) is 0 Å². The number of hydrogen-bond donors (Lipinski definition) is 3. The number of amides is 2. The molecule has 0 fully saturated rings. The summed E-state index contributed by atoms with van der Waals surface area (Å²) in [5.74, 6) is 1.94. The smallest absolute Gasteiger partial charge is 0.319 e. The van der Waals surface area contributed by atoms with E-state index >= 15 is 0 Å². The quantitative estimate of drug-likeness (QED) is 0.708. The lowest BCUT2D eigenvalue weighted by atomic mass is 10.1. The molecule has 3 N–H and O–H groups in total. The third kappa shape index (κ3) is 5.90. The van der Waals surface area contributed by atoms with Crippen LogP contribution in [0.2, 0.25) is 0 Å². The maximum atomic E-state index is 11.9. The number of aliphatic hydroxyl groups excluding tert-OH is 1. The van der Waals surface area contributed by atoms with Gasteiger partial charge < -0.3 is 20.2 Å². The molecule has 2 rings (SSSR count). The number of nitrogens with one attached hydrogen (secondary N) is 2. The molecule has 136 valence electrons. The molecule has 2 amide bonds. The fourth-order valence-electron chi connectivity index (χ4n) is 2.49. The lowest BCUT2D eigenvalue weighted by Crippen LogP contribution is -2.33. The van der Waals surface area contributed by atoms with Crippen LogP contribution in [0.25, 0.3) is 11.5 Å². The number of aliphatic hydroxyl groups is 1. The van der Waals surface area contributed by atoms with Crippen LogP contribution in [0, 0.1) is 5.92 Å². The highest BCUT2D eigenvalue weighted by Crippen LogP contribution is 2.24. The first-order valence-electron chi connectivity index (χ1n) is 8.64. The van der Waals surface area contributed by atoms with E-state index in [9.17, 15) is 9.90 Å². The Bertz CT molecular complexity index is 677. The lowest BCUT2D eigenvalue weighted by Gasteiger charge is -2.14. The monoisotopic (exact) mass is 345 g/mol. The SMILES string of the molecule is CC(C)c1cnc(-c2ccc(NC(=O)NC[C@@H](C)C[C@H](C)O)cc2)o1. The van der Waals surface area contributed by atoms with E-state index in [-0.39, 0.29) is 18.1 Å². The van der Waals surface area contributed by atoms with Gasteiger partial charge in [-0.05, 0) is 43.5 Å². The Morgan fingerprint density at radius 1 is 1.20 bits per heavy atom. The van der Waals surface area contributed by atoms with E-state index in [1.807, 2.05) is 31.2 Å². The Hall–Kier alpha value is -2.34. The topological polar surface area (TPSA) is 87.4 Å². The largest absolute Gasteiger partial charge is 0.441 e. The van der Waals surface area contributed by atoms with Crippen molar-refractivity contribution in [2.24, 2.45) is 5.92 Å². The van der Waals surface area contributed by atoms with E-state index in [2.05, 4.69) is 29.5 Å². The molecular formula is C19H27N3O3. The summed E-state index contributed by atoms with van der Waals surface area (Å²) in [6.07, 6.45) is 2.04. The van der Waals surface area contributed by atoms with Gasteiger partial charge in [0.2, 0.25) is 5.89 Å². The summed E-state index contributed by atoms with van der Waals surface area (Å²) in [5.41, 5.74) is 1.56. The summed E-state index contributed by atoms with van der Waals surface area (Å²) in [4.78, 5) is 16.2. The van der Waals surface area contributed by atoms with Crippen molar-refractivity contribution in [2.45, 2.75) is 46.1 Å². The van der Waals surface area contributed by atoms with Gasteiger partial charge in [-0.15, -0.1) is 0 Å². The number of hydrogen-bond acceptors (Lipinski definition) is 4. The van der Waals surface area contributed by atoms with Gasteiger partial charge in [-0.1, -0.05) is 20.8 Å². The highest BCUT2D eigenvalue weighted by atomic mass is 16.4. The molecule has 25 heavy (non-hydrogen) atoms. The summed E-state index contributed by atoms with van der Waals surface area (Å²) in [6.45, 7) is 8.36. The fourth-order valence-corrected chi connectivity index (χ4v) is 2.49. The second kappa shape index (κ2) is 8.67. The number of rotatable bonds is 7. The van der Waals surface area contributed by atoms with E-state index < -0.39 is 0 Å². The second-order valence-electron chi connectivity index (χ2n) is 6.82. The van der Waals surface area contributed by atoms with E-state index in [0.29, 0.717) is 30.5 Å². The van der Waals surface area contributed by atoms with Crippen LogP contribution < -0.4 is 10.6 Å². The molecule has 1 heterocycles. The minimum atomic E-state index is -0.362. The van der Waals surface area contributed by atoms with Crippen LogP contribution in [0.1, 0.15) is 45.8 Å². The molecule has 2 aromatic rings. The zero-order valence-electron chi connectivity index (χ0n) is 15.2. The van der Waals surface area contributed by atoms with Crippen LogP contribution in [0.5, 0.6) is 0 Å². The molecule has 0 aliphatic rings. The standard InChI is InChI=1S/C19H27N3O3/c1-12(2)17-11-20-18(25-17)15-5-7-16(8-6-15)22-19(24)21-10-13(3)9-14(4)23/h5-8,11-14,23H,9-10H2,1-4H3,(H2,21,22,24)/t13-,14-/m0/s1. The third-order valence-electron chi connectivity index (χ3n) is 3.84. The predicted octanol–water partition coefficient (Wildman–Crippen LogP) is 3.99. The molecule has 0 saturated heterocycles. The van der Waals surface area contributed by atoms with Crippen molar-refractivity contribution in [3.05, 3.63) is 36.2 Å². The minimum Gasteiger partial charge on any atom is -0.441 e. The Morgan fingerprint density at radius 2 is 1.88 bits per heavy atom. The van der Waals surface area contributed by atoms with Crippen molar-refractivity contribution in [2.75, 3.05) is 11.9 Å². The Balaban J connectivity index is 1.88. The number of aromatic nitrogens is 1. The number of nitrogens with zero attached hydrogens (tertiary/aromatic N) is 1. The summed E-state index contributed by atoms with van der Waals surface area (Å²) in [5, 5.41) is 14.9. The Labute approximate surface area is 148 Å². The molecule has 1 aromatic carbocycles. The van der Waals surface area contributed by atoms with Gasteiger partial charge in [0.25, 0.3) is 0 Å². The van der Waals surface area contributed by atoms with E-state index in [1.54, 1.807) is 13.1 Å². The van der Waals surface area contributed by atoms with Crippen LogP contribution in [-0.2, 0) is 0 Å². The van der Waals surface area contributed by atoms with Crippen molar-refractivity contribution in [1.82, 2.24) is 10.3 Å². The molecule has 6 nitrogen and oxygen atoms in total. The molecule has 0 aliphatic heterocycles. The average molecular weight is 345 g/mol. The maximum Gasteiger partial charge on any atom is 0.319 e. The third-order valence-corrected chi connectivity index (χ3v) is 3.84. The van der Waals surface area contributed by atoms with Crippen LogP contribution >= 0.6 is 0 Å². The number of carbonyl (C=O) groups excluding carboxylic acids is 1. The lowest BCUT2D eigenvalue weighted by molar-refractivity contribution is 0.163. The number of oxazole rings is 1. The summed E-state index contributed by atoms with van der Waals surface area (Å²) in [7, 11) is 0. The molecule has 0 aliphatic carbocycles. The number of benzene rings is 1. The average Bonchev–Trinajstić information content (AvgIpc) is 3.03. The van der Waals surface area contributed by atoms with Crippen LogP contribution in [0.4, 0.5) is 10.5 Å². The van der Waals surface area contributed by atoms with Crippen LogP contribution in [0.3, 0.4) is 0 Å². The van der Waals surface area contributed by atoms with E-state index in [4.69, 9.17) is 4.42 Å². The molecule has 1 aromatic heterocycles. The predicted molar refractivity (Wildman–Crippen MR) is 98.5 cm³/mol. The Morgan fingerprint density at radius 3 is 2.44 bits per heavy atom. The van der Waals surface area contributed by atoms with Crippen LogP contribution in [0.15, 0.2) is 34.9 Å². The Kier molecular flexibility index (Phi) is 6.58. The van der Waals surface area contributed by atoms with Crippen molar-refractivity contribution >= 4 is 11.7 Å². The minimum absolute atomic E-state index is 0.216. The number of anilines is 1. The molecule has 6 heteroatoms. The maximum absolute atomic E-state index is 11.9. The molecule has 0 spiro atoms.